The summed E-state index contributed by atoms with van der Waals surface area (Å²) in [6.07, 6.45) is 0. The fourth-order valence-corrected chi connectivity index (χ4v) is 4.04. The van der Waals surface area contributed by atoms with E-state index in [0.717, 1.165) is 0 Å². The lowest BCUT2D eigenvalue weighted by atomic mass is 10.2. The molecule has 148 valence electrons. The Hall–Kier alpha value is -2.87. The lowest BCUT2D eigenvalue weighted by Crippen LogP contribution is -2.14. The molecule has 6 nitrogen and oxygen atoms in total. The molecular formula is C20H22FN3O3S. The highest BCUT2D eigenvalue weighted by atomic mass is 32.2. The number of hydrogen-bond donors (Lipinski definition) is 1. The monoisotopic (exact) mass is 403 g/mol. The van der Waals surface area contributed by atoms with E-state index < -0.39 is 10.0 Å². The Morgan fingerprint density at radius 1 is 1.11 bits per heavy atom. The van der Waals surface area contributed by atoms with Crippen molar-refractivity contribution in [2.75, 3.05) is 11.3 Å². The van der Waals surface area contributed by atoms with E-state index in [1.165, 1.54) is 18.2 Å². The number of aryl methyl sites for hydroxylation is 1. The van der Waals surface area contributed by atoms with Gasteiger partial charge in [-0.3, -0.25) is 9.40 Å². The van der Waals surface area contributed by atoms with E-state index in [1.54, 1.807) is 48.9 Å². The first-order chi connectivity index (χ1) is 13.3. The molecule has 0 aliphatic heterocycles. The van der Waals surface area contributed by atoms with Crippen molar-refractivity contribution in [3.63, 3.8) is 0 Å². The van der Waals surface area contributed by atoms with Gasteiger partial charge < -0.3 is 4.74 Å². The highest BCUT2D eigenvalue weighted by molar-refractivity contribution is 7.92. The number of sulfonamides is 1. The summed E-state index contributed by atoms with van der Waals surface area (Å²) in [5, 5.41) is 4.37. The summed E-state index contributed by atoms with van der Waals surface area (Å²) < 4.78 is 49.0. The SMILES string of the molecule is CCOc1ccc(S(=O)(=O)Nc2c(C)nn(Cc3ccccc3F)c2C)cc1. The third-order valence-electron chi connectivity index (χ3n) is 4.34. The van der Waals surface area contributed by atoms with Gasteiger partial charge >= 0.3 is 0 Å². The van der Waals surface area contributed by atoms with Gasteiger partial charge in [0, 0.05) is 5.56 Å². The van der Waals surface area contributed by atoms with Crippen LogP contribution < -0.4 is 9.46 Å². The van der Waals surface area contributed by atoms with Crippen LogP contribution in [0.3, 0.4) is 0 Å². The summed E-state index contributed by atoms with van der Waals surface area (Å²) in [6.45, 7) is 6.03. The van der Waals surface area contributed by atoms with Crippen molar-refractivity contribution in [1.82, 2.24) is 9.78 Å². The number of hydrogen-bond acceptors (Lipinski definition) is 4. The van der Waals surface area contributed by atoms with Crippen molar-refractivity contribution in [2.45, 2.75) is 32.2 Å². The smallest absolute Gasteiger partial charge is 0.262 e. The maximum Gasteiger partial charge on any atom is 0.262 e. The van der Waals surface area contributed by atoms with E-state index in [-0.39, 0.29) is 17.3 Å². The minimum absolute atomic E-state index is 0.122. The van der Waals surface area contributed by atoms with Crippen LogP contribution in [-0.4, -0.2) is 24.8 Å². The molecule has 0 saturated heterocycles. The number of rotatable bonds is 7. The Bertz CT molecular complexity index is 1080. The van der Waals surface area contributed by atoms with Crippen molar-refractivity contribution in [3.8, 4) is 5.75 Å². The fraction of sp³-hybridized carbons (Fsp3) is 0.250. The Morgan fingerprint density at radius 2 is 1.79 bits per heavy atom. The van der Waals surface area contributed by atoms with E-state index in [1.807, 2.05) is 6.92 Å². The number of nitrogens with one attached hydrogen (secondary N) is 1. The number of aromatic nitrogens is 2. The summed E-state index contributed by atoms with van der Waals surface area (Å²) in [6, 6.07) is 12.6. The molecule has 1 aromatic heterocycles. The van der Waals surface area contributed by atoms with Gasteiger partial charge in [0.2, 0.25) is 0 Å². The summed E-state index contributed by atoms with van der Waals surface area (Å²) in [4.78, 5) is 0.122. The average Bonchev–Trinajstić information content (AvgIpc) is 2.91. The molecule has 1 N–H and O–H groups in total. The van der Waals surface area contributed by atoms with Gasteiger partial charge in [0.05, 0.1) is 35.1 Å². The molecule has 8 heteroatoms. The van der Waals surface area contributed by atoms with E-state index >= 15 is 0 Å². The Kier molecular flexibility index (Phi) is 5.69. The zero-order valence-corrected chi connectivity index (χ0v) is 16.8. The molecule has 0 atom stereocenters. The third kappa shape index (κ3) is 4.17. The summed E-state index contributed by atoms with van der Waals surface area (Å²) >= 11 is 0. The molecule has 1 heterocycles. The average molecular weight is 403 g/mol. The van der Waals surface area contributed by atoms with Gasteiger partial charge in [0.15, 0.2) is 0 Å². The third-order valence-corrected chi connectivity index (χ3v) is 5.71. The number of ether oxygens (including phenoxy) is 1. The fourth-order valence-electron chi connectivity index (χ4n) is 2.86. The number of benzene rings is 2. The number of halogens is 1. The molecule has 28 heavy (non-hydrogen) atoms. The van der Waals surface area contributed by atoms with Crippen LogP contribution in [0.15, 0.2) is 53.4 Å². The van der Waals surface area contributed by atoms with Crippen LogP contribution >= 0.6 is 0 Å². The van der Waals surface area contributed by atoms with Gasteiger partial charge in [-0.1, -0.05) is 18.2 Å². The van der Waals surface area contributed by atoms with E-state index in [9.17, 15) is 12.8 Å². The van der Waals surface area contributed by atoms with E-state index in [4.69, 9.17) is 4.74 Å². The second-order valence-corrected chi connectivity index (χ2v) is 7.99. The van der Waals surface area contributed by atoms with Crippen molar-refractivity contribution < 1.29 is 17.5 Å². The topological polar surface area (TPSA) is 73.2 Å². The van der Waals surface area contributed by atoms with Gasteiger partial charge in [-0.05, 0) is 51.1 Å². The van der Waals surface area contributed by atoms with Gasteiger partial charge in [-0.2, -0.15) is 5.10 Å². The molecule has 0 aliphatic carbocycles. The molecule has 0 saturated carbocycles. The molecule has 3 rings (SSSR count). The van der Waals surface area contributed by atoms with Gasteiger partial charge in [-0.15, -0.1) is 0 Å². The van der Waals surface area contributed by atoms with Gasteiger partial charge in [-0.25, -0.2) is 12.8 Å². The summed E-state index contributed by atoms with van der Waals surface area (Å²) in [7, 11) is -3.79. The summed E-state index contributed by atoms with van der Waals surface area (Å²) in [5.41, 5.74) is 2.00. The maximum atomic E-state index is 13.9. The lowest BCUT2D eigenvalue weighted by Gasteiger charge is -2.10. The van der Waals surface area contributed by atoms with E-state index in [0.29, 0.717) is 35.0 Å². The van der Waals surface area contributed by atoms with Crippen LogP contribution in [0.2, 0.25) is 0 Å². The van der Waals surface area contributed by atoms with Crippen LogP contribution in [0.4, 0.5) is 10.1 Å². The van der Waals surface area contributed by atoms with Crippen LogP contribution in [-0.2, 0) is 16.6 Å². The van der Waals surface area contributed by atoms with Crippen LogP contribution in [0, 0.1) is 19.7 Å². The molecule has 0 spiro atoms. The predicted molar refractivity (Wildman–Crippen MR) is 106 cm³/mol. The normalized spacial score (nSPS) is 11.4. The Morgan fingerprint density at radius 3 is 2.43 bits per heavy atom. The van der Waals surface area contributed by atoms with Crippen molar-refractivity contribution >= 4 is 15.7 Å². The first kappa shape index (κ1) is 19.9. The highest BCUT2D eigenvalue weighted by Crippen LogP contribution is 2.25. The molecular weight excluding hydrogens is 381 g/mol. The van der Waals surface area contributed by atoms with Gasteiger partial charge in [0.1, 0.15) is 11.6 Å². The molecule has 0 fully saturated rings. The van der Waals surface area contributed by atoms with Crippen LogP contribution in [0.1, 0.15) is 23.9 Å². The summed E-state index contributed by atoms with van der Waals surface area (Å²) in [5.74, 6) is 0.276. The second-order valence-electron chi connectivity index (χ2n) is 6.30. The highest BCUT2D eigenvalue weighted by Gasteiger charge is 2.20. The number of nitrogens with zero attached hydrogens (tertiary/aromatic N) is 2. The minimum atomic E-state index is -3.79. The molecule has 3 aromatic rings. The first-order valence-corrected chi connectivity index (χ1v) is 10.3. The van der Waals surface area contributed by atoms with Crippen LogP contribution in [0.5, 0.6) is 5.75 Å². The molecule has 0 aliphatic rings. The van der Waals surface area contributed by atoms with Crippen molar-refractivity contribution in [3.05, 3.63) is 71.3 Å². The van der Waals surface area contributed by atoms with Crippen molar-refractivity contribution in [1.29, 1.82) is 0 Å². The Labute approximate surface area is 164 Å². The second kappa shape index (κ2) is 8.02. The zero-order valence-electron chi connectivity index (χ0n) is 15.9. The predicted octanol–water partition coefficient (Wildman–Crippen LogP) is 3.89. The van der Waals surface area contributed by atoms with Crippen molar-refractivity contribution in [2.24, 2.45) is 0 Å². The number of anilines is 1. The van der Waals surface area contributed by atoms with Crippen LogP contribution in [0.25, 0.3) is 0 Å². The maximum absolute atomic E-state index is 13.9. The molecule has 0 radical (unpaired) electrons. The van der Waals surface area contributed by atoms with E-state index in [2.05, 4.69) is 9.82 Å². The standard InChI is InChI=1S/C20H22FN3O3S/c1-4-27-17-9-11-18(12-10-17)28(25,26)23-20-14(2)22-24(15(20)3)13-16-7-5-6-8-19(16)21/h5-12,23H,4,13H2,1-3H3. The zero-order chi connectivity index (χ0) is 20.3. The molecule has 0 bridgehead atoms. The molecule has 2 aromatic carbocycles. The largest absolute Gasteiger partial charge is 0.494 e. The van der Waals surface area contributed by atoms with Gasteiger partial charge in [0.25, 0.3) is 10.0 Å². The Balaban J connectivity index is 1.86. The molecule has 0 amide bonds. The molecule has 0 unspecified atom stereocenters. The first-order valence-electron chi connectivity index (χ1n) is 8.85. The minimum Gasteiger partial charge on any atom is -0.494 e. The quantitative estimate of drug-likeness (QED) is 0.650. The lowest BCUT2D eigenvalue weighted by molar-refractivity contribution is 0.340.